The summed E-state index contributed by atoms with van der Waals surface area (Å²) in [5.41, 5.74) is 0.753. The van der Waals surface area contributed by atoms with Crippen LogP contribution in [0.3, 0.4) is 0 Å². The molecule has 0 N–H and O–H groups in total. The summed E-state index contributed by atoms with van der Waals surface area (Å²) in [7, 11) is 0. The van der Waals surface area contributed by atoms with E-state index in [1.807, 2.05) is 11.0 Å². The predicted octanol–water partition coefficient (Wildman–Crippen LogP) is -0.0632. The fraction of sp³-hybridized carbons (Fsp3) is 0.462. The number of aryl methyl sites for hydroxylation is 1. The molecule has 0 radical (unpaired) electrons. The summed E-state index contributed by atoms with van der Waals surface area (Å²) in [6, 6.07) is 2.04. The van der Waals surface area contributed by atoms with E-state index in [0.717, 1.165) is 0 Å². The zero-order chi connectivity index (χ0) is 14.7. The fourth-order valence-electron chi connectivity index (χ4n) is 2.24. The number of hydrogen-bond donors (Lipinski definition) is 0. The first-order valence-electron chi connectivity index (χ1n) is 6.72. The van der Waals surface area contributed by atoms with Crippen molar-refractivity contribution in [1.82, 2.24) is 19.5 Å². The first kappa shape index (κ1) is 13.5. The van der Waals surface area contributed by atoms with Crippen LogP contribution in [0, 0.1) is 11.3 Å². The molecule has 2 aromatic rings. The second-order valence-electron chi connectivity index (χ2n) is 4.63. The van der Waals surface area contributed by atoms with Gasteiger partial charge in [-0.2, -0.15) is 10.2 Å². The SMILES string of the molecule is N#CCCn1c(=O)cnc2cnc(N3CCOCC3)nc21. The molecule has 0 amide bonds. The molecular weight excluding hydrogens is 272 g/mol. The van der Waals surface area contributed by atoms with Crippen LogP contribution in [-0.2, 0) is 11.3 Å². The molecule has 1 aliphatic rings. The summed E-state index contributed by atoms with van der Waals surface area (Å²) in [6.07, 6.45) is 3.09. The van der Waals surface area contributed by atoms with Crippen molar-refractivity contribution in [2.45, 2.75) is 13.0 Å². The smallest absolute Gasteiger partial charge is 0.270 e. The number of morpholine rings is 1. The Hall–Kier alpha value is -2.53. The molecule has 1 saturated heterocycles. The van der Waals surface area contributed by atoms with Crippen LogP contribution in [0.5, 0.6) is 0 Å². The van der Waals surface area contributed by atoms with E-state index in [9.17, 15) is 4.79 Å². The third-order valence-electron chi connectivity index (χ3n) is 3.31. The standard InChI is InChI=1S/C13H14N6O2/c14-2-1-3-19-11(20)9-15-10-8-16-13(17-12(10)19)18-4-6-21-7-5-18/h8-9H,1,3-7H2. The summed E-state index contributed by atoms with van der Waals surface area (Å²) in [5, 5.41) is 8.71. The normalized spacial score (nSPS) is 15.1. The van der Waals surface area contributed by atoms with Gasteiger partial charge < -0.3 is 9.64 Å². The topological polar surface area (TPSA) is 96.9 Å². The molecule has 2 aromatic heterocycles. The highest BCUT2D eigenvalue weighted by molar-refractivity contribution is 5.70. The third kappa shape index (κ3) is 2.68. The molecule has 0 spiro atoms. The van der Waals surface area contributed by atoms with E-state index < -0.39 is 0 Å². The quantitative estimate of drug-likeness (QED) is 0.779. The number of nitriles is 1. The van der Waals surface area contributed by atoms with E-state index in [-0.39, 0.29) is 12.0 Å². The van der Waals surface area contributed by atoms with Crippen LogP contribution in [0.4, 0.5) is 5.95 Å². The van der Waals surface area contributed by atoms with Gasteiger partial charge in [-0.15, -0.1) is 0 Å². The molecule has 108 valence electrons. The van der Waals surface area contributed by atoms with Crippen molar-refractivity contribution in [3.63, 3.8) is 0 Å². The van der Waals surface area contributed by atoms with Gasteiger partial charge in [0.2, 0.25) is 5.95 Å². The number of anilines is 1. The third-order valence-corrected chi connectivity index (χ3v) is 3.31. The molecule has 21 heavy (non-hydrogen) atoms. The molecule has 8 heteroatoms. The van der Waals surface area contributed by atoms with Crippen molar-refractivity contribution in [3.05, 3.63) is 22.7 Å². The van der Waals surface area contributed by atoms with Crippen molar-refractivity contribution in [2.75, 3.05) is 31.2 Å². The number of rotatable bonds is 3. The number of ether oxygens (including phenoxy) is 1. The van der Waals surface area contributed by atoms with E-state index in [0.29, 0.717) is 50.0 Å². The van der Waals surface area contributed by atoms with Crippen LogP contribution in [0.25, 0.3) is 11.2 Å². The lowest BCUT2D eigenvalue weighted by Crippen LogP contribution is -2.37. The first-order chi connectivity index (χ1) is 10.3. The monoisotopic (exact) mass is 286 g/mol. The van der Waals surface area contributed by atoms with Gasteiger partial charge in [0, 0.05) is 19.6 Å². The second-order valence-corrected chi connectivity index (χ2v) is 4.63. The lowest BCUT2D eigenvalue weighted by Gasteiger charge is -2.26. The molecule has 3 rings (SSSR count). The van der Waals surface area contributed by atoms with E-state index in [1.165, 1.54) is 10.8 Å². The van der Waals surface area contributed by atoms with Crippen LogP contribution in [0.15, 0.2) is 17.2 Å². The molecule has 0 aliphatic carbocycles. The summed E-state index contributed by atoms with van der Waals surface area (Å²) in [4.78, 5) is 26.7. The van der Waals surface area contributed by atoms with Crippen LogP contribution < -0.4 is 10.5 Å². The van der Waals surface area contributed by atoms with Gasteiger partial charge in [-0.25, -0.2) is 9.97 Å². The number of fused-ring (bicyclic) bond motifs is 1. The van der Waals surface area contributed by atoms with Crippen LogP contribution >= 0.6 is 0 Å². The molecule has 1 aliphatic heterocycles. The van der Waals surface area contributed by atoms with Crippen molar-refractivity contribution in [1.29, 1.82) is 5.26 Å². The average Bonchev–Trinajstić information content (AvgIpc) is 2.54. The van der Waals surface area contributed by atoms with E-state index in [4.69, 9.17) is 10.00 Å². The molecule has 0 unspecified atom stereocenters. The lowest BCUT2D eigenvalue weighted by atomic mass is 10.4. The van der Waals surface area contributed by atoms with Gasteiger partial charge in [-0.05, 0) is 0 Å². The van der Waals surface area contributed by atoms with Crippen LogP contribution in [-0.4, -0.2) is 45.8 Å². The van der Waals surface area contributed by atoms with Crippen molar-refractivity contribution in [3.8, 4) is 6.07 Å². The summed E-state index contributed by atoms with van der Waals surface area (Å²) in [6.45, 7) is 3.00. The van der Waals surface area contributed by atoms with E-state index in [1.54, 1.807) is 6.20 Å². The van der Waals surface area contributed by atoms with E-state index in [2.05, 4.69) is 15.0 Å². The minimum atomic E-state index is -0.260. The Balaban J connectivity index is 2.05. The van der Waals surface area contributed by atoms with Gasteiger partial charge in [0.05, 0.1) is 38.1 Å². The maximum absolute atomic E-state index is 11.9. The van der Waals surface area contributed by atoms with Crippen LogP contribution in [0.1, 0.15) is 6.42 Å². The Labute approximate surface area is 120 Å². The molecule has 8 nitrogen and oxygen atoms in total. The highest BCUT2D eigenvalue weighted by Crippen LogP contribution is 2.13. The minimum Gasteiger partial charge on any atom is -0.378 e. The molecule has 0 bridgehead atoms. The summed E-state index contributed by atoms with van der Waals surface area (Å²) in [5.74, 6) is 0.559. The Bertz CT molecular complexity index is 744. The van der Waals surface area contributed by atoms with Gasteiger partial charge in [-0.3, -0.25) is 9.36 Å². The molecule has 3 heterocycles. The molecular formula is C13H14N6O2. The van der Waals surface area contributed by atoms with Gasteiger partial charge >= 0.3 is 0 Å². The maximum atomic E-state index is 11.9. The predicted molar refractivity (Wildman–Crippen MR) is 74.9 cm³/mol. The molecule has 0 aromatic carbocycles. The van der Waals surface area contributed by atoms with Gasteiger partial charge in [0.1, 0.15) is 5.52 Å². The fourth-order valence-corrected chi connectivity index (χ4v) is 2.24. The highest BCUT2D eigenvalue weighted by atomic mass is 16.5. The number of nitrogens with zero attached hydrogens (tertiary/aromatic N) is 6. The van der Waals surface area contributed by atoms with Crippen molar-refractivity contribution >= 4 is 17.1 Å². The lowest BCUT2D eigenvalue weighted by molar-refractivity contribution is 0.122. The second kappa shape index (κ2) is 5.85. The van der Waals surface area contributed by atoms with Gasteiger partial charge in [-0.1, -0.05) is 0 Å². The Morgan fingerprint density at radius 3 is 2.86 bits per heavy atom. The zero-order valence-corrected chi connectivity index (χ0v) is 11.4. The first-order valence-corrected chi connectivity index (χ1v) is 6.72. The zero-order valence-electron chi connectivity index (χ0n) is 11.4. The largest absolute Gasteiger partial charge is 0.378 e. The van der Waals surface area contributed by atoms with E-state index >= 15 is 0 Å². The Morgan fingerprint density at radius 1 is 1.29 bits per heavy atom. The highest BCUT2D eigenvalue weighted by Gasteiger charge is 2.15. The molecule has 1 fully saturated rings. The Kier molecular flexibility index (Phi) is 3.75. The van der Waals surface area contributed by atoms with Crippen LogP contribution in [0.2, 0.25) is 0 Å². The minimum absolute atomic E-state index is 0.246. The number of hydrogen-bond acceptors (Lipinski definition) is 7. The maximum Gasteiger partial charge on any atom is 0.270 e. The summed E-state index contributed by atoms with van der Waals surface area (Å²) < 4.78 is 6.77. The Morgan fingerprint density at radius 2 is 2.10 bits per heavy atom. The molecule has 0 saturated carbocycles. The number of aromatic nitrogens is 4. The van der Waals surface area contributed by atoms with Gasteiger partial charge in [0.15, 0.2) is 5.65 Å². The van der Waals surface area contributed by atoms with Crippen molar-refractivity contribution in [2.24, 2.45) is 0 Å². The summed E-state index contributed by atoms with van der Waals surface area (Å²) >= 11 is 0. The molecule has 0 atom stereocenters. The van der Waals surface area contributed by atoms with Gasteiger partial charge in [0.25, 0.3) is 5.56 Å². The van der Waals surface area contributed by atoms with Crippen molar-refractivity contribution < 1.29 is 4.74 Å². The average molecular weight is 286 g/mol.